The molecule has 94 valence electrons. The van der Waals surface area contributed by atoms with Gasteiger partial charge in [0, 0.05) is 11.1 Å². The molecule has 2 rings (SSSR count). The molecule has 18 heavy (non-hydrogen) atoms. The van der Waals surface area contributed by atoms with Crippen LogP contribution in [-0.4, -0.2) is 0 Å². The van der Waals surface area contributed by atoms with Gasteiger partial charge in [-0.1, -0.05) is 29.8 Å². The van der Waals surface area contributed by atoms with Gasteiger partial charge in [-0.05, 0) is 54.3 Å². The molecule has 0 saturated heterocycles. The van der Waals surface area contributed by atoms with E-state index < -0.39 is 0 Å². The number of rotatable bonds is 3. The van der Waals surface area contributed by atoms with Crippen molar-refractivity contribution in [1.29, 1.82) is 0 Å². The van der Waals surface area contributed by atoms with Crippen LogP contribution in [0.4, 0.5) is 4.39 Å². The Morgan fingerprint density at radius 3 is 2.67 bits per heavy atom. The van der Waals surface area contributed by atoms with Crippen LogP contribution in [0.25, 0.3) is 0 Å². The molecule has 0 amide bonds. The normalized spacial score (nSPS) is 12.4. The third-order valence-electron chi connectivity index (χ3n) is 3.02. The zero-order valence-corrected chi connectivity index (χ0v) is 10.9. The van der Waals surface area contributed by atoms with E-state index in [9.17, 15) is 4.39 Å². The molecule has 0 heterocycles. The fourth-order valence-electron chi connectivity index (χ4n) is 1.98. The van der Waals surface area contributed by atoms with E-state index in [2.05, 4.69) is 0 Å². The van der Waals surface area contributed by atoms with Crippen LogP contribution >= 0.6 is 11.6 Å². The summed E-state index contributed by atoms with van der Waals surface area (Å²) >= 11 is 5.94. The summed E-state index contributed by atoms with van der Waals surface area (Å²) in [6, 6.07) is 12.2. The Labute approximate surface area is 111 Å². The minimum atomic E-state index is -0.215. The average molecular weight is 264 g/mol. The van der Waals surface area contributed by atoms with Gasteiger partial charge < -0.3 is 5.73 Å². The van der Waals surface area contributed by atoms with Gasteiger partial charge in [-0.2, -0.15) is 0 Å². The molecule has 0 aliphatic heterocycles. The third-order valence-corrected chi connectivity index (χ3v) is 3.26. The van der Waals surface area contributed by atoms with Crippen LogP contribution in [0.1, 0.15) is 22.7 Å². The SMILES string of the molecule is Cc1cc(F)ccc1CC(N)c1cccc(Cl)c1. The summed E-state index contributed by atoms with van der Waals surface area (Å²) in [5, 5.41) is 0.679. The maximum atomic E-state index is 13.0. The van der Waals surface area contributed by atoms with E-state index in [1.165, 1.54) is 12.1 Å². The Hall–Kier alpha value is -1.38. The molecule has 0 saturated carbocycles. The van der Waals surface area contributed by atoms with E-state index in [0.717, 1.165) is 16.7 Å². The number of hydrogen-bond acceptors (Lipinski definition) is 1. The highest BCUT2D eigenvalue weighted by Gasteiger charge is 2.09. The molecule has 0 aliphatic carbocycles. The number of nitrogens with two attached hydrogens (primary N) is 1. The Kier molecular flexibility index (Phi) is 4.00. The first-order valence-electron chi connectivity index (χ1n) is 5.82. The first-order chi connectivity index (χ1) is 8.56. The average Bonchev–Trinajstić information content (AvgIpc) is 2.32. The van der Waals surface area contributed by atoms with E-state index in [4.69, 9.17) is 17.3 Å². The van der Waals surface area contributed by atoms with Crippen LogP contribution in [0.5, 0.6) is 0 Å². The van der Waals surface area contributed by atoms with Crippen molar-refractivity contribution in [2.45, 2.75) is 19.4 Å². The summed E-state index contributed by atoms with van der Waals surface area (Å²) in [4.78, 5) is 0. The van der Waals surface area contributed by atoms with Crippen LogP contribution in [0.3, 0.4) is 0 Å². The first-order valence-corrected chi connectivity index (χ1v) is 6.20. The highest BCUT2D eigenvalue weighted by Crippen LogP contribution is 2.21. The molecule has 1 unspecified atom stereocenters. The number of hydrogen-bond donors (Lipinski definition) is 1. The fourth-order valence-corrected chi connectivity index (χ4v) is 2.18. The van der Waals surface area contributed by atoms with Crippen molar-refractivity contribution >= 4 is 11.6 Å². The van der Waals surface area contributed by atoms with Crippen molar-refractivity contribution in [3.63, 3.8) is 0 Å². The molecular formula is C15H15ClFN. The summed E-state index contributed by atoms with van der Waals surface area (Å²) < 4.78 is 13.0. The van der Waals surface area contributed by atoms with Gasteiger partial charge in [0.05, 0.1) is 0 Å². The summed E-state index contributed by atoms with van der Waals surface area (Å²) in [5.41, 5.74) is 9.13. The Morgan fingerprint density at radius 1 is 1.22 bits per heavy atom. The number of halogens is 2. The number of aryl methyl sites for hydroxylation is 1. The minimum absolute atomic E-state index is 0.132. The van der Waals surface area contributed by atoms with E-state index in [0.29, 0.717) is 11.4 Å². The molecule has 0 bridgehead atoms. The first kappa shape index (κ1) is 13.1. The maximum Gasteiger partial charge on any atom is 0.123 e. The predicted octanol–water partition coefficient (Wildman–Crippen LogP) is 4.03. The van der Waals surface area contributed by atoms with Crippen LogP contribution in [0, 0.1) is 12.7 Å². The van der Waals surface area contributed by atoms with Crippen molar-refractivity contribution in [2.75, 3.05) is 0 Å². The second kappa shape index (κ2) is 5.51. The lowest BCUT2D eigenvalue weighted by molar-refractivity contribution is 0.624. The predicted molar refractivity (Wildman–Crippen MR) is 73.2 cm³/mol. The third kappa shape index (κ3) is 3.09. The highest BCUT2D eigenvalue weighted by molar-refractivity contribution is 6.30. The summed E-state index contributed by atoms with van der Waals surface area (Å²) in [6.07, 6.45) is 0.673. The molecule has 2 aromatic rings. The van der Waals surface area contributed by atoms with Gasteiger partial charge in [-0.25, -0.2) is 4.39 Å². The summed E-state index contributed by atoms with van der Waals surface area (Å²) in [6.45, 7) is 1.89. The molecule has 0 spiro atoms. The highest BCUT2D eigenvalue weighted by atomic mass is 35.5. The maximum absolute atomic E-state index is 13.0. The monoisotopic (exact) mass is 263 g/mol. The van der Waals surface area contributed by atoms with Crippen LogP contribution < -0.4 is 5.73 Å². The Bertz CT molecular complexity index is 554. The van der Waals surface area contributed by atoms with E-state index in [-0.39, 0.29) is 11.9 Å². The standard InChI is InChI=1S/C15H15ClFN/c1-10-7-14(17)6-5-11(10)9-15(18)12-3-2-4-13(16)8-12/h2-8,15H,9,18H2,1H3. The van der Waals surface area contributed by atoms with Gasteiger partial charge in [-0.15, -0.1) is 0 Å². The van der Waals surface area contributed by atoms with E-state index in [1.807, 2.05) is 31.2 Å². The zero-order chi connectivity index (χ0) is 13.1. The number of benzene rings is 2. The van der Waals surface area contributed by atoms with Gasteiger partial charge in [-0.3, -0.25) is 0 Å². The van der Waals surface area contributed by atoms with Gasteiger partial charge >= 0.3 is 0 Å². The lowest BCUT2D eigenvalue weighted by atomic mass is 9.97. The minimum Gasteiger partial charge on any atom is -0.324 e. The topological polar surface area (TPSA) is 26.0 Å². The molecule has 3 heteroatoms. The van der Waals surface area contributed by atoms with Gasteiger partial charge in [0.1, 0.15) is 5.82 Å². The van der Waals surface area contributed by atoms with Crippen molar-refractivity contribution in [3.8, 4) is 0 Å². The van der Waals surface area contributed by atoms with Crippen LogP contribution in [-0.2, 0) is 6.42 Å². The molecule has 1 nitrogen and oxygen atoms in total. The summed E-state index contributed by atoms with van der Waals surface area (Å²) in [5.74, 6) is -0.215. The van der Waals surface area contributed by atoms with Crippen molar-refractivity contribution in [1.82, 2.24) is 0 Å². The second-order valence-electron chi connectivity index (χ2n) is 4.44. The molecule has 0 aromatic heterocycles. The van der Waals surface area contributed by atoms with Gasteiger partial charge in [0.25, 0.3) is 0 Å². The second-order valence-corrected chi connectivity index (χ2v) is 4.87. The molecule has 0 fully saturated rings. The van der Waals surface area contributed by atoms with E-state index in [1.54, 1.807) is 6.07 Å². The van der Waals surface area contributed by atoms with Crippen molar-refractivity contribution < 1.29 is 4.39 Å². The van der Waals surface area contributed by atoms with Gasteiger partial charge in [0.2, 0.25) is 0 Å². The van der Waals surface area contributed by atoms with E-state index >= 15 is 0 Å². The molecule has 1 atom stereocenters. The quantitative estimate of drug-likeness (QED) is 0.889. The van der Waals surface area contributed by atoms with Crippen molar-refractivity contribution in [2.24, 2.45) is 5.73 Å². The zero-order valence-electron chi connectivity index (χ0n) is 10.2. The molecular weight excluding hydrogens is 249 g/mol. The molecule has 0 radical (unpaired) electrons. The smallest absolute Gasteiger partial charge is 0.123 e. The van der Waals surface area contributed by atoms with Crippen LogP contribution in [0.2, 0.25) is 5.02 Å². The fraction of sp³-hybridized carbons (Fsp3) is 0.200. The van der Waals surface area contributed by atoms with Gasteiger partial charge in [0.15, 0.2) is 0 Å². The summed E-state index contributed by atoms with van der Waals surface area (Å²) in [7, 11) is 0. The lowest BCUT2D eigenvalue weighted by Gasteiger charge is -2.14. The molecule has 0 aliphatic rings. The molecule has 2 aromatic carbocycles. The lowest BCUT2D eigenvalue weighted by Crippen LogP contribution is -2.14. The van der Waals surface area contributed by atoms with Crippen molar-refractivity contribution in [3.05, 3.63) is 70.0 Å². The molecule has 2 N–H and O–H groups in total. The largest absolute Gasteiger partial charge is 0.324 e. The van der Waals surface area contributed by atoms with Crippen LogP contribution in [0.15, 0.2) is 42.5 Å². The Morgan fingerprint density at radius 2 is 2.00 bits per heavy atom. The Balaban J connectivity index is 2.18.